The lowest BCUT2D eigenvalue weighted by Crippen LogP contribution is -2.30. The van der Waals surface area contributed by atoms with Crippen molar-refractivity contribution in [3.8, 4) is 0 Å². The zero-order chi connectivity index (χ0) is 23.0. The maximum Gasteiger partial charge on any atom is 0.252 e. The van der Waals surface area contributed by atoms with Gasteiger partial charge >= 0.3 is 0 Å². The van der Waals surface area contributed by atoms with Crippen molar-refractivity contribution >= 4 is 41.0 Å². The van der Waals surface area contributed by atoms with Crippen LogP contribution in [-0.4, -0.2) is 36.4 Å². The molecule has 3 aromatic carbocycles. The van der Waals surface area contributed by atoms with Crippen LogP contribution in [-0.2, 0) is 11.2 Å². The number of amides is 2. The summed E-state index contributed by atoms with van der Waals surface area (Å²) < 4.78 is 13.0. The van der Waals surface area contributed by atoms with Crippen LogP contribution in [0.15, 0.2) is 82.6 Å². The van der Waals surface area contributed by atoms with E-state index in [0.29, 0.717) is 18.7 Å². The van der Waals surface area contributed by atoms with Crippen molar-refractivity contribution in [3.63, 3.8) is 0 Å². The molecule has 7 heteroatoms. The molecule has 33 heavy (non-hydrogen) atoms. The third kappa shape index (κ3) is 6.18. The van der Waals surface area contributed by atoms with Crippen LogP contribution in [0.5, 0.6) is 0 Å². The maximum absolute atomic E-state index is 13.0. The normalized spacial score (nSPS) is 12.5. The average Bonchev–Trinajstić information content (AvgIpc) is 3.28. The van der Waals surface area contributed by atoms with Crippen LogP contribution in [0.4, 0.5) is 10.1 Å². The zero-order valence-corrected chi connectivity index (χ0v) is 19.8. The summed E-state index contributed by atoms with van der Waals surface area (Å²) in [6, 6.07) is 21.8. The Balaban J connectivity index is 1.26. The van der Waals surface area contributed by atoms with Gasteiger partial charge in [0.25, 0.3) is 5.91 Å². The van der Waals surface area contributed by atoms with E-state index >= 15 is 0 Å². The smallest absolute Gasteiger partial charge is 0.252 e. The molecule has 0 spiro atoms. The second-order valence-electron chi connectivity index (χ2n) is 7.62. The minimum Gasteiger partial charge on any atom is -0.352 e. The molecule has 1 aliphatic rings. The molecule has 4 nitrogen and oxygen atoms in total. The summed E-state index contributed by atoms with van der Waals surface area (Å²) in [6.45, 7) is 1.26. The second kappa shape index (κ2) is 11.4. The minimum atomic E-state index is -0.241. The van der Waals surface area contributed by atoms with E-state index in [1.165, 1.54) is 29.5 Å². The van der Waals surface area contributed by atoms with Crippen molar-refractivity contribution in [2.24, 2.45) is 0 Å². The lowest BCUT2D eigenvalue weighted by atomic mass is 10.2. The van der Waals surface area contributed by atoms with Gasteiger partial charge in [0.05, 0.1) is 11.3 Å². The molecule has 0 atom stereocenters. The lowest BCUT2D eigenvalue weighted by molar-refractivity contribution is -0.116. The van der Waals surface area contributed by atoms with Crippen LogP contribution in [0.1, 0.15) is 22.3 Å². The van der Waals surface area contributed by atoms with Crippen molar-refractivity contribution in [2.75, 3.05) is 29.5 Å². The number of nitrogens with zero attached hydrogens (tertiary/aromatic N) is 1. The van der Waals surface area contributed by atoms with Gasteiger partial charge in [-0.3, -0.25) is 9.59 Å². The molecular weight excluding hydrogens is 455 g/mol. The predicted octanol–water partition coefficient (Wildman–Crippen LogP) is 5.42. The van der Waals surface area contributed by atoms with Crippen LogP contribution in [0.3, 0.4) is 0 Å². The summed E-state index contributed by atoms with van der Waals surface area (Å²) in [4.78, 5) is 29.2. The van der Waals surface area contributed by atoms with Gasteiger partial charge < -0.3 is 10.2 Å². The molecule has 1 heterocycles. The Morgan fingerprint density at radius 3 is 2.55 bits per heavy atom. The number of fused-ring (bicyclic) bond motifs is 1. The molecule has 0 radical (unpaired) electrons. The Bertz CT molecular complexity index is 1120. The number of benzene rings is 3. The number of anilines is 1. The molecule has 0 bridgehead atoms. The van der Waals surface area contributed by atoms with Crippen molar-refractivity contribution in [1.29, 1.82) is 0 Å². The Kier molecular flexibility index (Phi) is 8.07. The number of carbonyl (C=O) groups excluding carboxylic acids is 2. The largest absolute Gasteiger partial charge is 0.352 e. The van der Waals surface area contributed by atoms with Crippen molar-refractivity contribution < 1.29 is 14.0 Å². The zero-order valence-electron chi connectivity index (χ0n) is 18.1. The fourth-order valence-corrected chi connectivity index (χ4v) is 5.46. The van der Waals surface area contributed by atoms with Crippen LogP contribution in [0, 0.1) is 5.82 Å². The first-order valence-electron chi connectivity index (χ1n) is 10.9. The number of rotatable bonds is 9. The summed E-state index contributed by atoms with van der Waals surface area (Å²) in [5.41, 5.74) is 2.78. The summed E-state index contributed by atoms with van der Waals surface area (Å²) in [6.07, 6.45) is 1.68. The van der Waals surface area contributed by atoms with Gasteiger partial charge in [-0.05, 0) is 66.6 Å². The van der Waals surface area contributed by atoms with E-state index < -0.39 is 0 Å². The summed E-state index contributed by atoms with van der Waals surface area (Å²) in [7, 11) is 0. The van der Waals surface area contributed by atoms with Gasteiger partial charge in [-0.2, -0.15) is 0 Å². The van der Waals surface area contributed by atoms with Crippen LogP contribution in [0.2, 0.25) is 0 Å². The Morgan fingerprint density at radius 1 is 0.939 bits per heavy atom. The highest BCUT2D eigenvalue weighted by Crippen LogP contribution is 2.29. The molecular formula is C26H25FN2O2S2. The summed E-state index contributed by atoms with van der Waals surface area (Å²) >= 11 is 3.03. The van der Waals surface area contributed by atoms with Gasteiger partial charge in [0, 0.05) is 28.6 Å². The van der Waals surface area contributed by atoms with E-state index in [4.69, 9.17) is 0 Å². The fourth-order valence-electron chi connectivity index (χ4n) is 3.68. The number of thioether (sulfide) groups is 2. The first-order valence-corrected chi connectivity index (χ1v) is 12.9. The third-order valence-electron chi connectivity index (χ3n) is 5.36. The molecule has 170 valence electrons. The quantitative estimate of drug-likeness (QED) is 0.328. The molecule has 3 aromatic rings. The standard InChI is InChI=1S/C26H25FN2O2S2/c27-20-10-12-21(13-11-20)32-17-5-15-28-26(31)22-7-2-4-9-24(22)33-18-25(30)29-16-14-19-6-1-3-8-23(19)29/h1-4,6-13H,5,14-18H2,(H,28,31). The van der Waals surface area contributed by atoms with Gasteiger partial charge in [-0.25, -0.2) is 4.39 Å². The molecule has 4 rings (SSSR count). The molecule has 1 N–H and O–H groups in total. The first kappa shape index (κ1) is 23.4. The highest BCUT2D eigenvalue weighted by molar-refractivity contribution is 8.00. The van der Waals surface area contributed by atoms with Crippen molar-refractivity contribution in [3.05, 3.63) is 89.7 Å². The molecule has 0 unspecified atom stereocenters. The van der Waals surface area contributed by atoms with E-state index in [2.05, 4.69) is 11.4 Å². The van der Waals surface area contributed by atoms with E-state index in [1.54, 1.807) is 30.0 Å². The predicted molar refractivity (Wildman–Crippen MR) is 134 cm³/mol. The Labute approximate surface area is 202 Å². The van der Waals surface area contributed by atoms with E-state index in [9.17, 15) is 14.0 Å². The number of hydrogen-bond acceptors (Lipinski definition) is 4. The number of para-hydroxylation sites is 1. The molecule has 1 aliphatic heterocycles. The van der Waals surface area contributed by atoms with Gasteiger partial charge in [0.1, 0.15) is 5.82 Å². The van der Waals surface area contributed by atoms with Gasteiger partial charge in [0.2, 0.25) is 5.91 Å². The van der Waals surface area contributed by atoms with E-state index in [-0.39, 0.29) is 23.4 Å². The highest BCUT2D eigenvalue weighted by atomic mass is 32.2. The Morgan fingerprint density at radius 2 is 1.70 bits per heavy atom. The molecule has 2 amide bonds. The highest BCUT2D eigenvalue weighted by Gasteiger charge is 2.24. The fraction of sp³-hybridized carbons (Fsp3) is 0.231. The Hall–Kier alpha value is -2.77. The maximum atomic E-state index is 13.0. The van der Waals surface area contributed by atoms with Gasteiger partial charge in [-0.15, -0.1) is 23.5 Å². The topological polar surface area (TPSA) is 49.4 Å². The second-order valence-corrected chi connectivity index (χ2v) is 9.81. The van der Waals surface area contributed by atoms with Gasteiger partial charge in [-0.1, -0.05) is 30.3 Å². The average molecular weight is 481 g/mol. The number of hydrogen-bond donors (Lipinski definition) is 1. The van der Waals surface area contributed by atoms with Crippen molar-refractivity contribution in [2.45, 2.75) is 22.6 Å². The molecule has 0 saturated heterocycles. The number of carbonyl (C=O) groups is 2. The monoisotopic (exact) mass is 480 g/mol. The number of nitrogens with one attached hydrogen (secondary N) is 1. The van der Waals surface area contributed by atoms with Crippen molar-refractivity contribution in [1.82, 2.24) is 5.32 Å². The van der Waals surface area contributed by atoms with Crippen LogP contribution >= 0.6 is 23.5 Å². The first-order chi connectivity index (χ1) is 16.1. The SMILES string of the molecule is O=C(NCCCSc1ccc(F)cc1)c1ccccc1SCC(=O)N1CCc2ccccc21. The minimum absolute atomic E-state index is 0.0537. The van der Waals surface area contributed by atoms with Crippen LogP contribution in [0.25, 0.3) is 0 Å². The molecule has 0 fully saturated rings. The lowest BCUT2D eigenvalue weighted by Gasteiger charge is -2.17. The summed E-state index contributed by atoms with van der Waals surface area (Å²) in [5.74, 6) is 0.790. The van der Waals surface area contributed by atoms with Crippen LogP contribution < -0.4 is 10.2 Å². The third-order valence-corrected chi connectivity index (χ3v) is 7.52. The molecule has 0 aromatic heterocycles. The molecule has 0 aliphatic carbocycles. The van der Waals surface area contributed by atoms with E-state index in [1.807, 2.05) is 41.3 Å². The molecule has 0 saturated carbocycles. The summed E-state index contributed by atoms with van der Waals surface area (Å²) in [5, 5.41) is 2.97. The van der Waals surface area contributed by atoms with E-state index in [0.717, 1.165) is 34.1 Å². The van der Waals surface area contributed by atoms with Gasteiger partial charge in [0.15, 0.2) is 0 Å². The number of halogens is 1.